The summed E-state index contributed by atoms with van der Waals surface area (Å²) in [6, 6.07) is 7.91. The summed E-state index contributed by atoms with van der Waals surface area (Å²) in [5.41, 5.74) is 8.55. The number of rotatable bonds is 4. The van der Waals surface area contributed by atoms with E-state index in [-0.39, 0.29) is 11.9 Å². The quantitative estimate of drug-likeness (QED) is 0.633. The first kappa shape index (κ1) is 16.2. The van der Waals surface area contributed by atoms with Crippen molar-refractivity contribution in [3.63, 3.8) is 0 Å². The van der Waals surface area contributed by atoms with Gasteiger partial charge in [-0.25, -0.2) is 4.98 Å². The Hall–Kier alpha value is -1.70. The lowest BCUT2D eigenvalue weighted by Crippen LogP contribution is -2.22. The summed E-state index contributed by atoms with van der Waals surface area (Å²) < 4.78 is 1.03. The maximum Gasteiger partial charge on any atom is 0.263 e. The predicted octanol–water partition coefficient (Wildman–Crippen LogP) is 3.65. The monoisotopic (exact) mass is 392 g/mol. The number of thiazole rings is 1. The molecule has 0 fully saturated rings. The van der Waals surface area contributed by atoms with Gasteiger partial charge >= 0.3 is 0 Å². The van der Waals surface area contributed by atoms with Crippen LogP contribution in [0, 0.1) is 6.92 Å². The highest BCUT2D eigenvalue weighted by atomic mass is 79.9. The molecule has 0 aliphatic carbocycles. The van der Waals surface area contributed by atoms with E-state index >= 15 is 0 Å². The topological polar surface area (TPSA) is 83.8 Å². The van der Waals surface area contributed by atoms with Crippen molar-refractivity contribution < 1.29 is 4.79 Å². The van der Waals surface area contributed by atoms with Crippen LogP contribution in [0.15, 0.2) is 28.7 Å². The second-order valence-corrected chi connectivity index (χ2v) is 7.41. The number of aryl methyl sites for hydroxylation is 1. The van der Waals surface area contributed by atoms with Crippen LogP contribution < -0.4 is 11.1 Å². The number of nitrogens with one attached hydrogen (secondary N) is 2. The van der Waals surface area contributed by atoms with Crippen molar-refractivity contribution in [3.8, 4) is 0 Å². The number of carbonyl (C=O) groups excluding carboxylic acids is 1. The number of nitrogens with two attached hydrogens (primary N) is 1. The smallest absolute Gasteiger partial charge is 0.263 e. The Morgan fingerprint density at radius 1 is 1.48 bits per heavy atom. The zero-order valence-corrected chi connectivity index (χ0v) is 15.2. The molecule has 0 spiro atoms. The standard InChI is InChI=1S/C16H17BrN4OS/c1-8(18)16-20-9(2)14(23-16)15(22)19-7-12-6-10-5-11(17)3-4-13(10)21-12/h3-6,8,21H,7,18H2,1-2H3,(H,19,22). The minimum Gasteiger partial charge on any atom is -0.357 e. The number of nitrogens with zero attached hydrogens (tertiary/aromatic N) is 1. The summed E-state index contributed by atoms with van der Waals surface area (Å²) in [7, 11) is 0. The first-order valence-electron chi connectivity index (χ1n) is 7.22. The average molecular weight is 393 g/mol. The third-order valence-corrected chi connectivity index (χ3v) is 5.34. The minimum absolute atomic E-state index is 0.119. The number of halogens is 1. The molecule has 0 aliphatic rings. The van der Waals surface area contributed by atoms with E-state index in [0.29, 0.717) is 11.4 Å². The molecule has 0 bridgehead atoms. The molecular weight excluding hydrogens is 376 g/mol. The Morgan fingerprint density at radius 2 is 2.26 bits per heavy atom. The summed E-state index contributed by atoms with van der Waals surface area (Å²) in [5, 5.41) is 4.82. The van der Waals surface area contributed by atoms with Crippen LogP contribution in [-0.2, 0) is 6.54 Å². The van der Waals surface area contributed by atoms with Gasteiger partial charge < -0.3 is 16.0 Å². The lowest BCUT2D eigenvalue weighted by Gasteiger charge is -2.02. The number of aromatic nitrogens is 2. The first-order valence-corrected chi connectivity index (χ1v) is 8.83. The molecule has 3 rings (SSSR count). The summed E-state index contributed by atoms with van der Waals surface area (Å²) in [6.07, 6.45) is 0. The molecule has 2 aromatic heterocycles. The molecule has 0 radical (unpaired) electrons. The van der Waals surface area contributed by atoms with Gasteiger partial charge in [0.25, 0.3) is 5.91 Å². The Morgan fingerprint density at radius 3 is 2.96 bits per heavy atom. The normalized spacial score (nSPS) is 12.5. The average Bonchev–Trinajstić information content (AvgIpc) is 3.07. The van der Waals surface area contributed by atoms with Gasteiger partial charge in [-0.1, -0.05) is 15.9 Å². The maximum atomic E-state index is 12.3. The minimum atomic E-state index is -0.160. The number of hydrogen-bond acceptors (Lipinski definition) is 4. The number of benzene rings is 1. The Balaban J connectivity index is 1.72. The van der Waals surface area contributed by atoms with Gasteiger partial charge in [-0.2, -0.15) is 0 Å². The number of H-pyrrole nitrogens is 1. The van der Waals surface area contributed by atoms with Crippen LogP contribution in [0.2, 0.25) is 0 Å². The molecule has 5 nitrogen and oxygen atoms in total. The van der Waals surface area contributed by atoms with Gasteiger partial charge in [0.2, 0.25) is 0 Å². The van der Waals surface area contributed by atoms with Gasteiger partial charge in [-0.05, 0) is 38.1 Å². The van der Waals surface area contributed by atoms with E-state index < -0.39 is 0 Å². The van der Waals surface area contributed by atoms with Crippen LogP contribution in [0.4, 0.5) is 0 Å². The highest BCUT2D eigenvalue weighted by molar-refractivity contribution is 9.10. The van der Waals surface area contributed by atoms with Crippen molar-refractivity contribution in [3.05, 3.63) is 50.0 Å². The second-order valence-electron chi connectivity index (χ2n) is 5.46. The van der Waals surface area contributed by atoms with Crippen LogP contribution in [0.3, 0.4) is 0 Å². The van der Waals surface area contributed by atoms with E-state index in [2.05, 4.69) is 31.2 Å². The summed E-state index contributed by atoms with van der Waals surface area (Å²) in [6.45, 7) is 4.14. The number of aromatic amines is 1. The molecule has 0 saturated carbocycles. The summed E-state index contributed by atoms with van der Waals surface area (Å²) >= 11 is 4.81. The van der Waals surface area contributed by atoms with E-state index in [1.807, 2.05) is 38.1 Å². The van der Waals surface area contributed by atoms with E-state index in [1.54, 1.807) is 0 Å². The second kappa shape index (κ2) is 6.43. The van der Waals surface area contributed by atoms with Crippen LogP contribution in [0.5, 0.6) is 0 Å². The third kappa shape index (κ3) is 3.46. The molecule has 3 aromatic rings. The summed E-state index contributed by atoms with van der Waals surface area (Å²) in [5.74, 6) is -0.119. The highest BCUT2D eigenvalue weighted by Gasteiger charge is 2.17. The van der Waals surface area contributed by atoms with Crippen LogP contribution in [0.25, 0.3) is 10.9 Å². The molecule has 0 aliphatic heterocycles. The van der Waals surface area contributed by atoms with Gasteiger partial charge in [-0.3, -0.25) is 4.79 Å². The molecule has 4 N–H and O–H groups in total. The molecule has 23 heavy (non-hydrogen) atoms. The maximum absolute atomic E-state index is 12.3. The molecule has 1 atom stereocenters. The third-order valence-electron chi connectivity index (χ3n) is 3.49. The van der Waals surface area contributed by atoms with E-state index in [1.165, 1.54) is 11.3 Å². The fraction of sp³-hybridized carbons (Fsp3) is 0.250. The van der Waals surface area contributed by atoms with Gasteiger partial charge in [0.05, 0.1) is 18.3 Å². The predicted molar refractivity (Wildman–Crippen MR) is 96.6 cm³/mol. The number of fused-ring (bicyclic) bond motifs is 1. The zero-order valence-electron chi connectivity index (χ0n) is 12.8. The van der Waals surface area contributed by atoms with Crippen molar-refractivity contribution in [2.24, 2.45) is 5.73 Å². The Bertz CT molecular complexity index is 868. The van der Waals surface area contributed by atoms with Gasteiger partial charge in [-0.15, -0.1) is 11.3 Å². The molecule has 120 valence electrons. The molecule has 1 unspecified atom stereocenters. The van der Waals surface area contributed by atoms with E-state index in [0.717, 1.165) is 31.8 Å². The molecule has 2 heterocycles. The van der Waals surface area contributed by atoms with Crippen molar-refractivity contribution in [2.45, 2.75) is 26.4 Å². The SMILES string of the molecule is Cc1nc(C(C)N)sc1C(=O)NCc1cc2cc(Br)ccc2[nH]1. The van der Waals surface area contributed by atoms with E-state index in [9.17, 15) is 4.79 Å². The fourth-order valence-electron chi connectivity index (χ4n) is 2.34. The Labute approximate surface area is 146 Å². The number of amides is 1. The fourth-order valence-corrected chi connectivity index (χ4v) is 3.65. The molecule has 0 saturated heterocycles. The Kier molecular flexibility index (Phi) is 4.52. The van der Waals surface area contributed by atoms with Crippen LogP contribution in [-0.4, -0.2) is 15.9 Å². The van der Waals surface area contributed by atoms with Crippen LogP contribution >= 0.6 is 27.3 Å². The molecular formula is C16H17BrN4OS. The first-order chi connectivity index (χ1) is 10.9. The lowest BCUT2D eigenvalue weighted by atomic mass is 10.2. The van der Waals surface area contributed by atoms with Crippen molar-refractivity contribution in [1.82, 2.24) is 15.3 Å². The van der Waals surface area contributed by atoms with Crippen molar-refractivity contribution in [2.75, 3.05) is 0 Å². The lowest BCUT2D eigenvalue weighted by molar-refractivity contribution is 0.0953. The highest BCUT2D eigenvalue weighted by Crippen LogP contribution is 2.23. The van der Waals surface area contributed by atoms with Crippen molar-refractivity contribution >= 4 is 44.1 Å². The van der Waals surface area contributed by atoms with Gasteiger partial charge in [0, 0.05) is 21.1 Å². The number of carbonyl (C=O) groups is 1. The largest absolute Gasteiger partial charge is 0.357 e. The molecule has 1 aromatic carbocycles. The van der Waals surface area contributed by atoms with Crippen molar-refractivity contribution in [1.29, 1.82) is 0 Å². The van der Waals surface area contributed by atoms with Gasteiger partial charge in [0.15, 0.2) is 0 Å². The number of hydrogen-bond donors (Lipinski definition) is 3. The zero-order chi connectivity index (χ0) is 16.6. The molecule has 7 heteroatoms. The van der Waals surface area contributed by atoms with Crippen LogP contribution in [0.1, 0.15) is 39.0 Å². The molecule has 1 amide bonds. The summed E-state index contributed by atoms with van der Waals surface area (Å²) in [4.78, 5) is 20.6. The van der Waals surface area contributed by atoms with E-state index in [4.69, 9.17) is 5.73 Å². The van der Waals surface area contributed by atoms with Gasteiger partial charge in [0.1, 0.15) is 9.88 Å².